The highest BCUT2D eigenvalue weighted by Gasteiger charge is 2.42. The van der Waals surface area contributed by atoms with Crippen molar-refractivity contribution in [3.05, 3.63) is 64.7 Å². The van der Waals surface area contributed by atoms with Crippen LogP contribution in [0.1, 0.15) is 22.8 Å². The fourth-order valence-electron chi connectivity index (χ4n) is 3.32. The molecule has 2 aromatic carbocycles. The summed E-state index contributed by atoms with van der Waals surface area (Å²) < 4.78 is 30.0. The molecule has 1 fully saturated rings. The molecule has 0 bridgehead atoms. The predicted molar refractivity (Wildman–Crippen MR) is 115 cm³/mol. The number of hydrogen-bond donors (Lipinski definition) is 1. The molecule has 0 radical (unpaired) electrons. The number of rotatable bonds is 6. The second kappa shape index (κ2) is 9.07. The second-order valence-electron chi connectivity index (χ2n) is 7.19. The van der Waals surface area contributed by atoms with Crippen LogP contribution in [0.2, 0.25) is 5.02 Å². The zero-order chi connectivity index (χ0) is 22.8. The molecular weight excluding hydrogens is 444 g/mol. The van der Waals surface area contributed by atoms with Crippen LogP contribution in [0.25, 0.3) is 0 Å². The molecule has 1 heterocycles. The van der Waals surface area contributed by atoms with Gasteiger partial charge in [-0.05, 0) is 23.8 Å². The van der Waals surface area contributed by atoms with Crippen LogP contribution < -0.4 is 9.62 Å². The quantitative estimate of drug-likeness (QED) is 0.656. The van der Waals surface area contributed by atoms with Gasteiger partial charge in [-0.3, -0.25) is 9.59 Å². The molecule has 1 aliphatic heterocycles. The summed E-state index contributed by atoms with van der Waals surface area (Å²) >= 11 is 6.23. The third kappa shape index (κ3) is 4.88. The van der Waals surface area contributed by atoms with E-state index in [1.165, 1.54) is 32.2 Å². The van der Waals surface area contributed by atoms with Crippen molar-refractivity contribution in [1.82, 2.24) is 5.32 Å². The van der Waals surface area contributed by atoms with E-state index in [4.69, 9.17) is 16.3 Å². The first kappa shape index (κ1) is 22.8. The number of sulfonamides is 1. The largest absolute Gasteiger partial charge is 0.467 e. The summed E-state index contributed by atoms with van der Waals surface area (Å²) in [6, 6.07) is 12.0. The average Bonchev–Trinajstić information content (AvgIpc) is 2.93. The minimum Gasteiger partial charge on any atom is -0.467 e. The zero-order valence-corrected chi connectivity index (χ0v) is 18.4. The standard InChI is InChI=1S/C21H21ClN2O6S/c1-13-12-31(28,29)24(20(13)26)15-8-9-16(17(22)11-15)19(25)23-18(21(27)30-2)10-14-6-4-3-5-7-14/h3-9,11,13,18H,10,12H2,1-2H3,(H,23,25)/t13?,18-/m0/s1. The molecule has 0 saturated carbocycles. The Kier molecular flexibility index (Phi) is 6.66. The van der Waals surface area contributed by atoms with Gasteiger partial charge in [-0.1, -0.05) is 48.9 Å². The van der Waals surface area contributed by atoms with Crippen LogP contribution in [0.15, 0.2) is 48.5 Å². The molecule has 0 aliphatic carbocycles. The van der Waals surface area contributed by atoms with Gasteiger partial charge in [0.25, 0.3) is 5.91 Å². The lowest BCUT2D eigenvalue weighted by molar-refractivity contribution is -0.142. The van der Waals surface area contributed by atoms with Crippen molar-refractivity contribution in [2.24, 2.45) is 5.92 Å². The molecule has 1 N–H and O–H groups in total. The Labute approximate surface area is 185 Å². The molecule has 10 heteroatoms. The second-order valence-corrected chi connectivity index (χ2v) is 9.45. The van der Waals surface area contributed by atoms with Crippen LogP contribution in [0, 0.1) is 5.92 Å². The number of carbonyl (C=O) groups is 3. The van der Waals surface area contributed by atoms with Crippen LogP contribution in [0.5, 0.6) is 0 Å². The van der Waals surface area contributed by atoms with Gasteiger partial charge in [0.2, 0.25) is 15.9 Å². The maximum absolute atomic E-state index is 12.8. The third-order valence-electron chi connectivity index (χ3n) is 4.87. The van der Waals surface area contributed by atoms with Crippen molar-refractivity contribution in [1.29, 1.82) is 0 Å². The van der Waals surface area contributed by atoms with Gasteiger partial charge in [-0.15, -0.1) is 0 Å². The zero-order valence-electron chi connectivity index (χ0n) is 16.9. The van der Waals surface area contributed by atoms with Crippen molar-refractivity contribution < 1.29 is 27.5 Å². The van der Waals surface area contributed by atoms with Gasteiger partial charge < -0.3 is 10.1 Å². The van der Waals surface area contributed by atoms with Crippen LogP contribution in [0.4, 0.5) is 5.69 Å². The first-order chi connectivity index (χ1) is 14.6. The normalized spacial score (nSPS) is 18.5. The van der Waals surface area contributed by atoms with Gasteiger partial charge in [0, 0.05) is 6.42 Å². The molecule has 3 rings (SSSR count). The van der Waals surface area contributed by atoms with Crippen molar-refractivity contribution in [2.45, 2.75) is 19.4 Å². The minimum atomic E-state index is -3.79. The lowest BCUT2D eigenvalue weighted by Gasteiger charge is -2.19. The van der Waals surface area contributed by atoms with Gasteiger partial charge in [0.15, 0.2) is 0 Å². The minimum absolute atomic E-state index is 0.0319. The van der Waals surface area contributed by atoms with Crippen molar-refractivity contribution in [3.63, 3.8) is 0 Å². The van der Waals surface area contributed by atoms with E-state index in [0.717, 1.165) is 5.56 Å². The highest BCUT2D eigenvalue weighted by Crippen LogP contribution is 2.31. The molecule has 1 aliphatic rings. The topological polar surface area (TPSA) is 110 Å². The molecule has 1 saturated heterocycles. The number of anilines is 1. The Hall–Kier alpha value is -2.91. The number of esters is 1. The van der Waals surface area contributed by atoms with E-state index in [0.29, 0.717) is 4.31 Å². The summed E-state index contributed by atoms with van der Waals surface area (Å²) in [5.41, 5.74) is 0.917. The summed E-state index contributed by atoms with van der Waals surface area (Å²) in [6.45, 7) is 1.53. The lowest BCUT2D eigenvalue weighted by atomic mass is 10.1. The number of benzene rings is 2. The van der Waals surface area contributed by atoms with Gasteiger partial charge in [0.1, 0.15) is 6.04 Å². The molecule has 2 amide bonds. The van der Waals surface area contributed by atoms with Crippen LogP contribution in [0.3, 0.4) is 0 Å². The van der Waals surface area contributed by atoms with Gasteiger partial charge in [-0.25, -0.2) is 17.5 Å². The number of nitrogens with zero attached hydrogens (tertiary/aromatic N) is 1. The molecule has 8 nitrogen and oxygen atoms in total. The molecular formula is C21H21ClN2O6S. The fourth-order valence-corrected chi connectivity index (χ4v) is 5.40. The summed E-state index contributed by atoms with van der Waals surface area (Å²) in [6.07, 6.45) is 0.216. The number of amides is 2. The van der Waals surface area contributed by atoms with Crippen molar-refractivity contribution in [3.8, 4) is 0 Å². The molecule has 0 spiro atoms. The van der Waals surface area contributed by atoms with Gasteiger partial charge >= 0.3 is 5.97 Å². The van der Waals surface area contributed by atoms with Crippen molar-refractivity contribution in [2.75, 3.05) is 17.2 Å². The number of halogens is 1. The Morgan fingerprint density at radius 3 is 2.45 bits per heavy atom. The molecule has 2 aromatic rings. The molecule has 2 atom stereocenters. The van der Waals surface area contributed by atoms with E-state index in [9.17, 15) is 22.8 Å². The maximum atomic E-state index is 12.8. The Balaban J connectivity index is 1.82. The fraction of sp³-hybridized carbons (Fsp3) is 0.286. The molecule has 31 heavy (non-hydrogen) atoms. The smallest absolute Gasteiger partial charge is 0.328 e. The number of nitrogens with one attached hydrogen (secondary N) is 1. The summed E-state index contributed by atoms with van der Waals surface area (Å²) in [5.74, 6) is -2.75. The summed E-state index contributed by atoms with van der Waals surface area (Å²) in [4.78, 5) is 37.2. The maximum Gasteiger partial charge on any atom is 0.328 e. The SMILES string of the molecule is COC(=O)[C@H](Cc1ccccc1)NC(=O)c1ccc(N2C(=O)C(C)CS2(=O)=O)cc1Cl. The Bertz CT molecular complexity index is 1120. The summed E-state index contributed by atoms with van der Waals surface area (Å²) in [7, 11) is -2.57. The number of methoxy groups -OCH3 is 1. The van der Waals surface area contributed by atoms with E-state index < -0.39 is 39.8 Å². The number of hydrogen-bond acceptors (Lipinski definition) is 6. The van der Waals surface area contributed by atoms with E-state index in [1.54, 1.807) is 0 Å². The van der Waals surface area contributed by atoms with Crippen LogP contribution in [-0.4, -0.2) is 45.1 Å². The Morgan fingerprint density at radius 2 is 1.90 bits per heavy atom. The monoisotopic (exact) mass is 464 g/mol. The van der Waals surface area contributed by atoms with Crippen LogP contribution in [-0.2, 0) is 30.8 Å². The van der Waals surface area contributed by atoms with Crippen LogP contribution >= 0.6 is 11.6 Å². The first-order valence-corrected chi connectivity index (χ1v) is 11.4. The molecule has 164 valence electrons. The van der Waals surface area contributed by atoms with Gasteiger partial charge in [0.05, 0.1) is 35.1 Å². The number of ether oxygens (including phenoxy) is 1. The Morgan fingerprint density at radius 1 is 1.23 bits per heavy atom. The third-order valence-corrected chi connectivity index (χ3v) is 7.05. The highest BCUT2D eigenvalue weighted by molar-refractivity contribution is 7.94. The van der Waals surface area contributed by atoms with E-state index in [-0.39, 0.29) is 28.4 Å². The molecule has 1 unspecified atom stereocenters. The summed E-state index contributed by atoms with van der Waals surface area (Å²) in [5, 5.41) is 2.54. The van der Waals surface area contributed by atoms with E-state index >= 15 is 0 Å². The first-order valence-electron chi connectivity index (χ1n) is 9.43. The predicted octanol–water partition coefficient (Wildman–Crippen LogP) is 2.17. The lowest BCUT2D eigenvalue weighted by Crippen LogP contribution is -2.43. The average molecular weight is 465 g/mol. The van der Waals surface area contributed by atoms with E-state index in [2.05, 4.69) is 5.32 Å². The van der Waals surface area contributed by atoms with E-state index in [1.807, 2.05) is 30.3 Å². The molecule has 0 aromatic heterocycles. The van der Waals surface area contributed by atoms with Crippen molar-refractivity contribution >= 4 is 45.1 Å². The number of carbonyl (C=O) groups excluding carboxylic acids is 3. The highest BCUT2D eigenvalue weighted by atomic mass is 35.5. The van der Waals surface area contributed by atoms with Gasteiger partial charge in [-0.2, -0.15) is 0 Å².